The topological polar surface area (TPSA) is 35.5 Å². The lowest BCUT2D eigenvalue weighted by atomic mass is 10.1. The Hall–Kier alpha value is -0.120. The van der Waals surface area contributed by atoms with Crippen LogP contribution in [0.2, 0.25) is 0 Å². The molecule has 0 amide bonds. The van der Waals surface area contributed by atoms with Gasteiger partial charge in [-0.2, -0.15) is 0 Å². The van der Waals surface area contributed by atoms with Gasteiger partial charge in [0.1, 0.15) is 0 Å². The van der Waals surface area contributed by atoms with Crippen molar-refractivity contribution in [1.82, 2.24) is 10.2 Å². The van der Waals surface area contributed by atoms with Gasteiger partial charge in [0.25, 0.3) is 0 Å². The van der Waals surface area contributed by atoms with Gasteiger partial charge in [-0.1, -0.05) is 34.6 Å². The molecule has 1 heterocycles. The average Bonchev–Trinajstić information content (AvgIpc) is 2.38. The van der Waals surface area contributed by atoms with Crippen molar-refractivity contribution in [2.45, 2.75) is 86.9 Å². The Morgan fingerprint density at radius 2 is 1.58 bits per heavy atom. The minimum Gasteiger partial charge on any atom is -0.394 e. The maximum atomic E-state index is 8.06. The summed E-state index contributed by atoms with van der Waals surface area (Å²) in [5, 5.41) is 11.5. The van der Waals surface area contributed by atoms with Crippen LogP contribution in [-0.4, -0.2) is 47.8 Å². The zero-order valence-electron chi connectivity index (χ0n) is 15.0. The van der Waals surface area contributed by atoms with E-state index in [4.69, 9.17) is 5.11 Å². The molecule has 0 aromatic heterocycles. The van der Waals surface area contributed by atoms with E-state index in [1.807, 2.05) is 27.7 Å². The molecule has 19 heavy (non-hydrogen) atoms. The van der Waals surface area contributed by atoms with Crippen LogP contribution in [0.5, 0.6) is 0 Å². The number of aliphatic hydroxyl groups is 1. The molecule has 0 radical (unpaired) electrons. The van der Waals surface area contributed by atoms with Crippen molar-refractivity contribution < 1.29 is 5.11 Å². The number of rotatable bonds is 2. The third-order valence-corrected chi connectivity index (χ3v) is 2.40. The third-order valence-electron chi connectivity index (χ3n) is 2.40. The highest BCUT2D eigenvalue weighted by atomic mass is 16.3. The van der Waals surface area contributed by atoms with Crippen LogP contribution >= 0.6 is 0 Å². The zero-order valence-corrected chi connectivity index (χ0v) is 15.0. The highest BCUT2D eigenvalue weighted by molar-refractivity contribution is 4.80. The van der Waals surface area contributed by atoms with Crippen LogP contribution in [0.25, 0.3) is 0 Å². The van der Waals surface area contributed by atoms with Gasteiger partial charge in [-0.15, -0.1) is 0 Å². The van der Waals surface area contributed by atoms with E-state index < -0.39 is 0 Å². The van der Waals surface area contributed by atoms with Crippen LogP contribution in [-0.2, 0) is 0 Å². The first-order valence-corrected chi connectivity index (χ1v) is 8.12. The fourth-order valence-electron chi connectivity index (χ4n) is 1.70. The summed E-state index contributed by atoms with van der Waals surface area (Å²) in [5.74, 6) is 0. The molecule has 0 spiro atoms. The van der Waals surface area contributed by atoms with Gasteiger partial charge in [-0.25, -0.2) is 0 Å². The molecule has 0 aromatic carbocycles. The zero-order chi connectivity index (χ0) is 15.8. The van der Waals surface area contributed by atoms with Gasteiger partial charge < -0.3 is 10.4 Å². The van der Waals surface area contributed by atoms with E-state index in [1.54, 1.807) is 13.8 Å². The Morgan fingerprint density at radius 3 is 1.95 bits per heavy atom. The summed E-state index contributed by atoms with van der Waals surface area (Å²) in [7, 11) is 0. The Balaban J connectivity index is -0.000000271. The summed E-state index contributed by atoms with van der Waals surface area (Å²) in [6.07, 6.45) is 1.11. The van der Waals surface area contributed by atoms with Crippen molar-refractivity contribution in [2.24, 2.45) is 0 Å². The molecule has 3 heteroatoms. The molecule has 1 fully saturated rings. The van der Waals surface area contributed by atoms with Gasteiger partial charge in [0.2, 0.25) is 0 Å². The minimum absolute atomic E-state index is 0.167. The molecule has 0 saturated carbocycles. The summed E-state index contributed by atoms with van der Waals surface area (Å²) in [6.45, 7) is 21.9. The molecule has 2 N–H and O–H groups in total. The monoisotopic (exact) mass is 276 g/mol. The van der Waals surface area contributed by atoms with E-state index in [0.29, 0.717) is 6.04 Å². The van der Waals surface area contributed by atoms with Crippen molar-refractivity contribution in [3.05, 3.63) is 0 Å². The minimum atomic E-state index is -0.167. The van der Waals surface area contributed by atoms with Crippen molar-refractivity contribution in [3.63, 3.8) is 0 Å². The van der Waals surface area contributed by atoms with E-state index in [-0.39, 0.29) is 6.10 Å². The normalized spacial score (nSPS) is 22.3. The Kier molecular flexibility index (Phi) is 22.5. The first kappa shape index (κ1) is 23.9. The molecule has 1 aliphatic heterocycles. The summed E-state index contributed by atoms with van der Waals surface area (Å²) < 4.78 is 0. The average molecular weight is 277 g/mol. The first-order chi connectivity index (χ1) is 8.97. The Bertz CT molecular complexity index is 149. The highest BCUT2D eigenvalue weighted by Gasteiger charge is 2.20. The Labute approximate surface area is 122 Å². The maximum Gasteiger partial charge on any atom is 0.0483 e. The first-order valence-electron chi connectivity index (χ1n) is 8.12. The molecule has 1 rings (SSSR count). The molecule has 1 aliphatic rings. The van der Waals surface area contributed by atoms with Gasteiger partial charge in [-0.05, 0) is 40.7 Å². The lowest BCUT2D eigenvalue weighted by Gasteiger charge is -2.37. The Morgan fingerprint density at radius 1 is 1.16 bits per heavy atom. The molecule has 1 saturated heterocycles. The van der Waals surface area contributed by atoms with Crippen molar-refractivity contribution in [2.75, 3.05) is 19.6 Å². The van der Waals surface area contributed by atoms with Gasteiger partial charge in [0.15, 0.2) is 0 Å². The summed E-state index contributed by atoms with van der Waals surface area (Å²) in [6, 6.07) is 1.41. The van der Waals surface area contributed by atoms with Crippen LogP contribution in [0.15, 0.2) is 0 Å². The van der Waals surface area contributed by atoms with Crippen LogP contribution < -0.4 is 5.32 Å². The number of nitrogens with one attached hydrogen (secondary N) is 1. The predicted molar refractivity (Wildman–Crippen MR) is 88.8 cm³/mol. The second-order valence-electron chi connectivity index (χ2n) is 4.75. The molecule has 2 unspecified atom stereocenters. The summed E-state index contributed by atoms with van der Waals surface area (Å²) in [5.41, 5.74) is 0. The third kappa shape index (κ3) is 17.9. The van der Waals surface area contributed by atoms with E-state index in [2.05, 4.69) is 31.0 Å². The fourth-order valence-corrected chi connectivity index (χ4v) is 1.70. The molecular weight excluding hydrogens is 236 g/mol. The molecule has 120 valence electrons. The largest absolute Gasteiger partial charge is 0.394 e. The number of hydrogen-bond donors (Lipinski definition) is 2. The second kappa shape index (κ2) is 17.9. The molecule has 0 aromatic rings. The van der Waals surface area contributed by atoms with E-state index in [0.717, 1.165) is 12.6 Å². The second-order valence-corrected chi connectivity index (χ2v) is 4.75. The van der Waals surface area contributed by atoms with Gasteiger partial charge in [0.05, 0.1) is 0 Å². The van der Waals surface area contributed by atoms with E-state index in [9.17, 15) is 0 Å². The quantitative estimate of drug-likeness (QED) is 0.810. The number of piperazine rings is 1. The maximum absolute atomic E-state index is 8.06. The van der Waals surface area contributed by atoms with Crippen molar-refractivity contribution in [1.29, 1.82) is 0 Å². The predicted octanol–water partition coefficient (Wildman–Crippen LogP) is 3.52. The van der Waals surface area contributed by atoms with Gasteiger partial charge in [0, 0.05) is 31.3 Å². The highest BCUT2D eigenvalue weighted by Crippen LogP contribution is 2.06. The molecule has 2 atom stereocenters. The summed E-state index contributed by atoms with van der Waals surface area (Å²) >= 11 is 0. The van der Waals surface area contributed by atoms with Gasteiger partial charge >= 0.3 is 0 Å². The van der Waals surface area contributed by atoms with Crippen LogP contribution in [0.3, 0.4) is 0 Å². The number of nitrogens with zero attached hydrogens (tertiary/aromatic N) is 1. The lowest BCUT2D eigenvalue weighted by Crippen LogP contribution is -2.54. The lowest BCUT2D eigenvalue weighted by molar-refractivity contribution is 0.147. The van der Waals surface area contributed by atoms with E-state index in [1.165, 1.54) is 19.5 Å². The fraction of sp³-hybridized carbons (Fsp3) is 1.00. The smallest absolute Gasteiger partial charge is 0.0483 e. The summed E-state index contributed by atoms with van der Waals surface area (Å²) in [4.78, 5) is 2.57. The van der Waals surface area contributed by atoms with Crippen LogP contribution in [0.4, 0.5) is 0 Å². The molecule has 0 aliphatic carbocycles. The number of hydrogen-bond acceptors (Lipinski definition) is 3. The van der Waals surface area contributed by atoms with Crippen LogP contribution in [0.1, 0.15) is 68.7 Å². The molecule has 0 bridgehead atoms. The van der Waals surface area contributed by atoms with Crippen molar-refractivity contribution >= 4 is 0 Å². The SMILES string of the molecule is CC.CC.CC(C)O.CCCN1CC(C)NCC1C. The number of aliphatic hydroxyl groups excluding tert-OH is 1. The molecule has 3 nitrogen and oxygen atoms in total. The van der Waals surface area contributed by atoms with E-state index >= 15 is 0 Å². The van der Waals surface area contributed by atoms with Crippen LogP contribution in [0, 0.1) is 0 Å². The standard InChI is InChI=1S/C9H20N2.C3H8O.2C2H6/c1-4-5-11-7-8(2)10-6-9(11)3;1-3(2)4;2*1-2/h8-10H,4-7H2,1-3H3;3-4H,1-2H3;2*1-2H3. The molecular formula is C16H40N2O. The van der Waals surface area contributed by atoms with Gasteiger partial charge in [-0.3, -0.25) is 4.90 Å². The van der Waals surface area contributed by atoms with Crippen molar-refractivity contribution in [3.8, 4) is 0 Å².